The van der Waals surface area contributed by atoms with E-state index in [9.17, 15) is 8.42 Å². The van der Waals surface area contributed by atoms with Gasteiger partial charge < -0.3 is 10.1 Å². The lowest BCUT2D eigenvalue weighted by atomic mass is 10.0. The minimum Gasteiger partial charge on any atom is -0.383 e. The molecule has 112 valence electrons. The molecule has 0 aromatic carbocycles. The fraction of sp³-hybridized carbons (Fsp3) is 1.00. The number of nitrogens with one attached hydrogen (secondary N) is 1. The molecular weight excluding hydrogens is 254 g/mol. The first-order chi connectivity index (χ1) is 8.35. The molecule has 1 atom stereocenters. The maximum atomic E-state index is 10.5. The van der Waals surface area contributed by atoms with E-state index in [0.29, 0.717) is 25.5 Å². The predicted molar refractivity (Wildman–Crippen MR) is 75.5 cm³/mol. The molecule has 2 N–H and O–H groups in total. The second kappa shape index (κ2) is 11.9. The molecular formula is C12H29NO4S. The van der Waals surface area contributed by atoms with Crippen LogP contribution in [0.5, 0.6) is 0 Å². The van der Waals surface area contributed by atoms with Crippen LogP contribution in [0.25, 0.3) is 0 Å². The Balaban J connectivity index is 0. The molecule has 0 heterocycles. The molecule has 0 aromatic heterocycles. The molecule has 1 unspecified atom stereocenters. The van der Waals surface area contributed by atoms with Crippen molar-refractivity contribution in [3.05, 3.63) is 0 Å². The minimum absolute atomic E-state index is 0.193. The Kier molecular flexibility index (Phi) is 13.3. The van der Waals surface area contributed by atoms with Crippen LogP contribution in [0.4, 0.5) is 0 Å². The van der Waals surface area contributed by atoms with Crippen molar-refractivity contribution in [1.82, 2.24) is 5.32 Å². The molecule has 0 aliphatic heterocycles. The zero-order chi connectivity index (χ0) is 14.6. The van der Waals surface area contributed by atoms with Gasteiger partial charge in [-0.15, -0.1) is 0 Å². The number of ether oxygens (including phenoxy) is 1. The van der Waals surface area contributed by atoms with E-state index in [2.05, 4.69) is 19.2 Å². The van der Waals surface area contributed by atoms with Crippen molar-refractivity contribution >= 4 is 10.1 Å². The van der Waals surface area contributed by atoms with Crippen LogP contribution in [0.2, 0.25) is 0 Å². The average Bonchev–Trinajstić information content (AvgIpc) is 2.25. The molecule has 18 heavy (non-hydrogen) atoms. The number of rotatable bonds is 9. The zero-order valence-electron chi connectivity index (χ0n) is 12.3. The maximum absolute atomic E-state index is 10.5. The molecule has 0 fully saturated rings. The quantitative estimate of drug-likeness (QED) is 0.499. The van der Waals surface area contributed by atoms with Gasteiger partial charge in [0.1, 0.15) is 0 Å². The topological polar surface area (TPSA) is 75.6 Å². The van der Waals surface area contributed by atoms with Crippen LogP contribution in [0.1, 0.15) is 40.5 Å². The number of hydrogen-bond acceptors (Lipinski definition) is 4. The van der Waals surface area contributed by atoms with Gasteiger partial charge in [-0.05, 0) is 25.3 Å². The Morgan fingerprint density at radius 2 is 1.83 bits per heavy atom. The minimum atomic E-state index is -3.83. The Bertz CT molecular complexity index is 265. The first-order valence-corrected chi connectivity index (χ1v) is 8.13. The summed E-state index contributed by atoms with van der Waals surface area (Å²) >= 11 is 0. The summed E-state index contributed by atoms with van der Waals surface area (Å²) in [6.45, 7) is 9.44. The van der Waals surface area contributed by atoms with Crippen LogP contribution in [0.15, 0.2) is 0 Å². The third-order valence-corrected chi connectivity index (χ3v) is 2.94. The highest BCUT2D eigenvalue weighted by Crippen LogP contribution is 2.05. The predicted octanol–water partition coefficient (Wildman–Crippen LogP) is 1.94. The van der Waals surface area contributed by atoms with Crippen molar-refractivity contribution in [2.24, 2.45) is 5.92 Å². The molecule has 5 nitrogen and oxygen atoms in total. The molecule has 0 rings (SSSR count). The average molecular weight is 283 g/mol. The third-order valence-electron chi connectivity index (χ3n) is 2.14. The van der Waals surface area contributed by atoms with E-state index in [-0.39, 0.29) is 11.8 Å². The number of methoxy groups -OCH3 is 1. The lowest BCUT2D eigenvalue weighted by Gasteiger charge is -2.19. The van der Waals surface area contributed by atoms with Gasteiger partial charge in [-0.1, -0.05) is 27.7 Å². The van der Waals surface area contributed by atoms with E-state index in [1.165, 1.54) is 0 Å². The summed E-state index contributed by atoms with van der Waals surface area (Å²) in [6, 6.07) is 0.242. The molecule has 6 heteroatoms. The Morgan fingerprint density at radius 1 is 1.28 bits per heavy atom. The summed E-state index contributed by atoms with van der Waals surface area (Å²) in [6.07, 6.45) is 1.40. The van der Waals surface area contributed by atoms with Gasteiger partial charge >= 0.3 is 0 Å². The highest BCUT2D eigenvalue weighted by molar-refractivity contribution is 7.85. The van der Waals surface area contributed by atoms with Crippen LogP contribution in [0.3, 0.4) is 0 Å². The Morgan fingerprint density at radius 3 is 2.22 bits per heavy atom. The van der Waals surface area contributed by atoms with Crippen molar-refractivity contribution in [3.8, 4) is 0 Å². The van der Waals surface area contributed by atoms with Crippen LogP contribution < -0.4 is 5.32 Å². The summed E-state index contributed by atoms with van der Waals surface area (Å²) in [5.41, 5.74) is 0. The van der Waals surface area contributed by atoms with E-state index in [1.54, 1.807) is 7.11 Å². The SMILES string of the molecule is CC.COCC(CC(C)C)NCCCS(=O)(=O)O. The van der Waals surface area contributed by atoms with Crippen LogP contribution in [0, 0.1) is 5.92 Å². The standard InChI is InChI=1S/C10H23NO4S.C2H6/c1-9(2)7-10(8-15-3)11-5-4-6-16(12,13)14;1-2/h9-11H,4-8H2,1-3H3,(H,12,13,14);1-2H3. The van der Waals surface area contributed by atoms with Gasteiger partial charge in [0.05, 0.1) is 12.4 Å². The van der Waals surface area contributed by atoms with Gasteiger partial charge in [-0.2, -0.15) is 8.42 Å². The molecule has 0 aromatic rings. The largest absolute Gasteiger partial charge is 0.383 e. The van der Waals surface area contributed by atoms with Crippen molar-refractivity contribution in [2.45, 2.75) is 46.6 Å². The van der Waals surface area contributed by atoms with Crippen LogP contribution in [-0.4, -0.2) is 45.0 Å². The summed E-state index contributed by atoms with van der Waals surface area (Å²) < 4.78 is 34.6. The second-order valence-electron chi connectivity index (χ2n) is 4.38. The van der Waals surface area contributed by atoms with Crippen molar-refractivity contribution in [3.63, 3.8) is 0 Å². The van der Waals surface area contributed by atoms with Crippen molar-refractivity contribution in [2.75, 3.05) is 26.0 Å². The third kappa shape index (κ3) is 15.8. The van der Waals surface area contributed by atoms with E-state index >= 15 is 0 Å². The van der Waals surface area contributed by atoms with Crippen LogP contribution in [-0.2, 0) is 14.9 Å². The smallest absolute Gasteiger partial charge is 0.264 e. The summed E-state index contributed by atoms with van der Waals surface area (Å²) in [4.78, 5) is 0. The summed E-state index contributed by atoms with van der Waals surface area (Å²) in [5.74, 6) is 0.371. The van der Waals surface area contributed by atoms with Crippen molar-refractivity contribution in [1.29, 1.82) is 0 Å². The maximum Gasteiger partial charge on any atom is 0.264 e. The molecule has 0 spiro atoms. The van der Waals surface area contributed by atoms with Gasteiger partial charge in [0.15, 0.2) is 0 Å². The highest BCUT2D eigenvalue weighted by atomic mass is 32.2. The molecule has 0 radical (unpaired) electrons. The van der Waals surface area contributed by atoms with Crippen LogP contribution >= 0.6 is 0 Å². The Hall–Kier alpha value is -0.170. The molecule has 0 aliphatic carbocycles. The van der Waals surface area contributed by atoms with Gasteiger partial charge in [-0.3, -0.25) is 4.55 Å². The van der Waals surface area contributed by atoms with Crippen molar-refractivity contribution < 1.29 is 17.7 Å². The van der Waals surface area contributed by atoms with Gasteiger partial charge in [0, 0.05) is 13.2 Å². The fourth-order valence-electron chi connectivity index (χ4n) is 1.54. The van der Waals surface area contributed by atoms with E-state index in [4.69, 9.17) is 9.29 Å². The van der Waals surface area contributed by atoms with Gasteiger partial charge in [0.2, 0.25) is 0 Å². The highest BCUT2D eigenvalue weighted by Gasteiger charge is 2.10. The normalized spacial score (nSPS) is 13.1. The fourth-order valence-corrected chi connectivity index (χ4v) is 2.05. The number of hydrogen-bond donors (Lipinski definition) is 2. The molecule has 0 bridgehead atoms. The molecule has 0 amide bonds. The first-order valence-electron chi connectivity index (χ1n) is 6.52. The summed E-state index contributed by atoms with van der Waals surface area (Å²) in [7, 11) is -2.18. The Labute approximate surface area is 112 Å². The monoisotopic (exact) mass is 283 g/mol. The lowest BCUT2D eigenvalue weighted by molar-refractivity contribution is 0.156. The van der Waals surface area contributed by atoms with E-state index < -0.39 is 10.1 Å². The van der Waals surface area contributed by atoms with E-state index in [0.717, 1.165) is 6.42 Å². The molecule has 0 saturated heterocycles. The van der Waals surface area contributed by atoms with E-state index in [1.807, 2.05) is 13.8 Å². The summed E-state index contributed by atoms with van der Waals surface area (Å²) in [5, 5.41) is 3.22. The molecule has 0 saturated carbocycles. The molecule has 0 aliphatic rings. The van der Waals surface area contributed by atoms with Gasteiger partial charge in [0.25, 0.3) is 10.1 Å². The van der Waals surface area contributed by atoms with Gasteiger partial charge in [-0.25, -0.2) is 0 Å². The first kappa shape index (κ1) is 20.2. The zero-order valence-corrected chi connectivity index (χ0v) is 13.1. The second-order valence-corrected chi connectivity index (χ2v) is 5.95. The lowest BCUT2D eigenvalue weighted by Crippen LogP contribution is -2.35.